The third-order valence-corrected chi connectivity index (χ3v) is 15.3. The predicted octanol–water partition coefficient (Wildman–Crippen LogP) is -16.0. The lowest BCUT2D eigenvalue weighted by Crippen LogP contribution is -2.71. The average Bonchev–Trinajstić information content (AvgIpc) is 3.27. The summed E-state index contributed by atoms with van der Waals surface area (Å²) in [5, 5.41) is 230. The molecular formula is C46H78N2O36. The van der Waals surface area contributed by atoms with Gasteiger partial charge in [-0.2, -0.15) is 0 Å². The van der Waals surface area contributed by atoms with Crippen LogP contribution in [0, 0.1) is 0 Å². The second-order valence-electron chi connectivity index (χ2n) is 21.1. The monoisotopic (exact) mass is 1230 g/mol. The molecule has 0 saturated carbocycles. The van der Waals surface area contributed by atoms with Crippen molar-refractivity contribution in [3.05, 3.63) is 0 Å². The Balaban J connectivity index is 1.21. The molecule has 0 aromatic carbocycles. The first-order valence-electron chi connectivity index (χ1n) is 26.6. The van der Waals surface area contributed by atoms with Gasteiger partial charge in [0.25, 0.3) is 0 Å². The van der Waals surface area contributed by atoms with Crippen LogP contribution in [0.25, 0.3) is 0 Å². The van der Waals surface area contributed by atoms with Crippen molar-refractivity contribution >= 4 is 11.8 Å². The van der Waals surface area contributed by atoms with Gasteiger partial charge in [0.05, 0.1) is 46.2 Å². The van der Waals surface area contributed by atoms with Crippen molar-refractivity contribution in [2.24, 2.45) is 0 Å². The average molecular weight is 1240 g/mol. The van der Waals surface area contributed by atoms with Crippen LogP contribution in [0.4, 0.5) is 0 Å². The van der Waals surface area contributed by atoms with Crippen molar-refractivity contribution < 1.29 is 178 Å². The normalized spacial score (nSPS) is 50.3. The van der Waals surface area contributed by atoms with Crippen LogP contribution in [0.5, 0.6) is 0 Å². The number of rotatable bonds is 21. The molecule has 84 heavy (non-hydrogen) atoms. The molecule has 0 aromatic rings. The van der Waals surface area contributed by atoms with Crippen molar-refractivity contribution in [3.63, 3.8) is 0 Å². The Bertz CT molecular complexity index is 2060. The maximum absolute atomic E-state index is 12.8. The summed E-state index contributed by atoms with van der Waals surface area (Å²) in [5.74, 6) is -1.82. The summed E-state index contributed by atoms with van der Waals surface area (Å²) >= 11 is 0. The number of aliphatic hydroxyl groups excluding tert-OH is 21. The van der Waals surface area contributed by atoms with E-state index in [1.54, 1.807) is 0 Å². The molecule has 0 spiro atoms. The summed E-state index contributed by atoms with van der Waals surface area (Å²) < 4.78 is 74.9. The quantitative estimate of drug-likeness (QED) is 0.0507. The summed E-state index contributed by atoms with van der Waals surface area (Å²) in [5.41, 5.74) is 0. The SMILES string of the molecule is CC(=O)N[C@H]1[C@H](O[C@@H]2[C@@H](O[C@H]3[C@H](O)[C@@H](CO[C@H]4O[C@H](CO)[C@@H](O)[C@H](O)[C@@H]4O)OC(O)[C@H]3O)O[C@H](CO)[C@@H](O[C@@H]3O[C@H](CO)[C@@H](O[C@@H]4O[C@H](CO)[C@H](O)[C@H](O)[C@H]4O)[C@H](O)[C@H]3NC(C)=O)[C@@H]2O)O[C@H](CO)[C@@H](O[C@@H]2O[C@H](CO)[C@H](O)[C@H](O)[C@@H]2O)[C@@H]1O. The molecule has 7 aliphatic heterocycles. The number of carbonyl (C=O) groups excluding carboxylic acids is 2. The first-order valence-corrected chi connectivity index (χ1v) is 26.6. The number of carbonyl (C=O) groups is 2. The molecule has 7 saturated heterocycles. The largest absolute Gasteiger partial charge is 0.394 e. The molecular weight excluding hydrogens is 1160 g/mol. The van der Waals surface area contributed by atoms with Crippen molar-refractivity contribution in [2.75, 3.05) is 46.2 Å². The van der Waals surface area contributed by atoms with Gasteiger partial charge in [-0.05, 0) is 0 Å². The topological polar surface area (TPSA) is 603 Å². The van der Waals surface area contributed by atoms with Gasteiger partial charge in [-0.3, -0.25) is 9.59 Å². The van der Waals surface area contributed by atoms with Crippen LogP contribution in [0.2, 0.25) is 0 Å². The van der Waals surface area contributed by atoms with E-state index in [1.807, 2.05) is 0 Å². The van der Waals surface area contributed by atoms with E-state index >= 15 is 0 Å². The van der Waals surface area contributed by atoms with Crippen LogP contribution < -0.4 is 10.6 Å². The standard InChI is InChI=1S/C46H78N2O36/c1-10(55)47-19-25(61)35(81-44-31(67)28(64)22(58)13(4-50)75-44)15(6-52)77-41(19)80-37-17(8-54)79-46(83-38-24(60)18(73-40(71)34(38)70)9-72-43-30(66)27(63)21(57)12(3-49)74-43)39(33(37)69)84-42-20(48-11(2)56)26(62)36(16(7-53)78-42)82-45-32(68)29(65)23(59)14(5-51)76-45/h12-46,49-54,57-71H,3-9H2,1-2H3,(H,47,55)(H,48,56)/t12-,13-,14-,15-,16-,17-,18-,19-,20-,21-,22+,23+,24-,25-,26-,27+,28+,29+,30+,31-,32+,33+,34+,35-,36-,37-,38+,39+,40?,41+,42+,43+,44+,45+,46-/m1/s1. The maximum Gasteiger partial charge on any atom is 0.217 e. The Morgan fingerprint density at radius 3 is 1.02 bits per heavy atom. The number of ether oxygens (including phenoxy) is 13. The number of hydrogen-bond donors (Lipinski definition) is 23. The van der Waals surface area contributed by atoms with Crippen LogP contribution >= 0.6 is 0 Å². The molecule has 7 rings (SSSR count). The highest BCUT2D eigenvalue weighted by Gasteiger charge is 2.59. The summed E-state index contributed by atoms with van der Waals surface area (Å²) in [4.78, 5) is 25.6. The summed E-state index contributed by atoms with van der Waals surface area (Å²) in [6.07, 6.45) is -65.2. The molecule has 1 unspecified atom stereocenters. The van der Waals surface area contributed by atoms with Crippen LogP contribution in [-0.4, -0.2) is 380 Å². The van der Waals surface area contributed by atoms with Gasteiger partial charge in [0, 0.05) is 13.8 Å². The van der Waals surface area contributed by atoms with Gasteiger partial charge in [0.1, 0.15) is 171 Å². The lowest BCUT2D eigenvalue weighted by Gasteiger charge is -2.51. The lowest BCUT2D eigenvalue weighted by molar-refractivity contribution is -0.400. The minimum atomic E-state index is -2.39. The van der Waals surface area contributed by atoms with E-state index in [1.165, 1.54) is 0 Å². The Kier molecular flexibility index (Phi) is 24.6. The van der Waals surface area contributed by atoms with Crippen LogP contribution in [0.15, 0.2) is 0 Å². The molecule has 488 valence electrons. The second kappa shape index (κ2) is 29.9. The van der Waals surface area contributed by atoms with E-state index in [2.05, 4.69) is 10.6 Å². The fraction of sp³-hybridized carbons (Fsp3) is 0.957. The van der Waals surface area contributed by atoms with E-state index in [0.717, 1.165) is 13.8 Å². The van der Waals surface area contributed by atoms with Crippen molar-refractivity contribution in [2.45, 2.75) is 229 Å². The van der Waals surface area contributed by atoms with E-state index in [-0.39, 0.29) is 0 Å². The van der Waals surface area contributed by atoms with Gasteiger partial charge in [0.2, 0.25) is 11.8 Å². The van der Waals surface area contributed by atoms with E-state index in [0.29, 0.717) is 0 Å². The highest BCUT2D eigenvalue weighted by Crippen LogP contribution is 2.38. The molecule has 38 heteroatoms. The fourth-order valence-electron chi connectivity index (χ4n) is 10.7. The maximum atomic E-state index is 12.8. The third kappa shape index (κ3) is 14.7. The molecule has 38 nitrogen and oxygen atoms in total. The van der Waals surface area contributed by atoms with Gasteiger partial charge in [-0.25, -0.2) is 0 Å². The van der Waals surface area contributed by atoms with E-state index in [9.17, 15) is 117 Å². The predicted molar refractivity (Wildman–Crippen MR) is 255 cm³/mol. The number of nitrogens with one attached hydrogen (secondary N) is 2. The highest BCUT2D eigenvalue weighted by atomic mass is 16.8. The van der Waals surface area contributed by atoms with Crippen molar-refractivity contribution in [1.29, 1.82) is 0 Å². The Labute approximate surface area is 475 Å². The van der Waals surface area contributed by atoms with Gasteiger partial charge in [-0.15, -0.1) is 0 Å². The third-order valence-electron chi connectivity index (χ3n) is 15.3. The molecule has 7 aliphatic rings. The Hall–Kier alpha value is -2.42. The Morgan fingerprint density at radius 1 is 0.310 bits per heavy atom. The zero-order chi connectivity index (χ0) is 61.9. The molecule has 0 aromatic heterocycles. The zero-order valence-electron chi connectivity index (χ0n) is 44.7. The molecule has 0 aliphatic carbocycles. The zero-order valence-corrected chi connectivity index (χ0v) is 44.7. The molecule has 23 N–H and O–H groups in total. The van der Waals surface area contributed by atoms with Gasteiger partial charge >= 0.3 is 0 Å². The van der Waals surface area contributed by atoms with Gasteiger partial charge < -0.3 is 179 Å². The fourth-order valence-corrected chi connectivity index (χ4v) is 10.7. The smallest absolute Gasteiger partial charge is 0.217 e. The van der Waals surface area contributed by atoms with Crippen LogP contribution in [0.3, 0.4) is 0 Å². The molecule has 7 heterocycles. The second-order valence-corrected chi connectivity index (χ2v) is 21.1. The van der Waals surface area contributed by atoms with E-state index in [4.69, 9.17) is 61.6 Å². The number of hydrogen-bond acceptors (Lipinski definition) is 36. The van der Waals surface area contributed by atoms with E-state index < -0.39 is 273 Å². The molecule has 7 fully saturated rings. The van der Waals surface area contributed by atoms with Crippen molar-refractivity contribution in [3.8, 4) is 0 Å². The van der Waals surface area contributed by atoms with Crippen LogP contribution in [0.1, 0.15) is 13.8 Å². The molecule has 2 amide bonds. The van der Waals surface area contributed by atoms with Gasteiger partial charge in [-0.1, -0.05) is 0 Å². The molecule has 35 atom stereocenters. The summed E-state index contributed by atoms with van der Waals surface area (Å²) in [6.45, 7) is -5.01. The highest BCUT2D eigenvalue weighted by molar-refractivity contribution is 5.73. The molecule has 0 bridgehead atoms. The molecule has 0 radical (unpaired) electrons. The first-order chi connectivity index (χ1) is 39.7. The van der Waals surface area contributed by atoms with Crippen molar-refractivity contribution in [1.82, 2.24) is 10.6 Å². The summed E-state index contributed by atoms with van der Waals surface area (Å²) in [6, 6.07) is -3.76. The summed E-state index contributed by atoms with van der Waals surface area (Å²) in [7, 11) is 0. The number of amides is 2. The minimum absolute atomic E-state index is 0.863. The van der Waals surface area contributed by atoms with Gasteiger partial charge in [0.15, 0.2) is 44.0 Å². The minimum Gasteiger partial charge on any atom is -0.394 e. The first kappa shape index (κ1) is 69.1. The lowest BCUT2D eigenvalue weighted by atomic mass is 9.93. The number of aliphatic hydroxyl groups is 21. The van der Waals surface area contributed by atoms with Crippen LogP contribution in [-0.2, 0) is 71.2 Å². The Morgan fingerprint density at radius 2 is 0.631 bits per heavy atom.